The molecule has 1 N–H and O–H groups in total. The van der Waals surface area contributed by atoms with Gasteiger partial charge >= 0.3 is 0 Å². The van der Waals surface area contributed by atoms with E-state index in [9.17, 15) is 0 Å². The van der Waals surface area contributed by atoms with E-state index in [-0.39, 0.29) is 6.04 Å². The fraction of sp³-hybridized carbons (Fsp3) is 0.500. The first-order chi connectivity index (χ1) is 8.20. The zero-order valence-electron chi connectivity index (χ0n) is 10.5. The van der Waals surface area contributed by atoms with Crippen LogP contribution in [0.15, 0.2) is 23.1 Å². The molecule has 0 radical (unpaired) electrons. The Hall–Kier alpha value is -1.62. The van der Waals surface area contributed by atoms with Gasteiger partial charge in [-0.15, -0.1) is 0 Å². The molecule has 2 aromatic rings. The van der Waals surface area contributed by atoms with Crippen molar-refractivity contribution in [3.63, 3.8) is 0 Å². The number of hydrogen-bond donors (Lipinski definition) is 1. The van der Waals surface area contributed by atoms with Gasteiger partial charge < -0.3 is 14.3 Å². The Balaban J connectivity index is 2.10. The van der Waals surface area contributed by atoms with Crippen molar-refractivity contribution in [2.24, 2.45) is 7.05 Å². The summed E-state index contributed by atoms with van der Waals surface area (Å²) in [5.41, 5.74) is 0.814. The predicted molar refractivity (Wildman–Crippen MR) is 65.4 cm³/mol. The monoisotopic (exact) mass is 234 g/mol. The average Bonchev–Trinajstić information content (AvgIpc) is 2.93. The Kier molecular flexibility index (Phi) is 3.58. The standard InChI is InChI=1S/C12H18N4O/c1-4-5-13-9(2)12-14-6-11(17-12)10-7-16(3)8-15-10/h6-9,13H,4-5H2,1-3H3. The van der Waals surface area contributed by atoms with Gasteiger partial charge in [-0.3, -0.25) is 0 Å². The summed E-state index contributed by atoms with van der Waals surface area (Å²) in [6.45, 7) is 5.14. The van der Waals surface area contributed by atoms with Crippen molar-refractivity contribution in [3.05, 3.63) is 24.6 Å². The number of nitrogens with zero attached hydrogens (tertiary/aromatic N) is 3. The first-order valence-electron chi connectivity index (χ1n) is 5.88. The van der Waals surface area contributed by atoms with Crippen molar-refractivity contribution in [1.82, 2.24) is 19.9 Å². The van der Waals surface area contributed by atoms with Gasteiger partial charge in [0.05, 0.1) is 18.6 Å². The summed E-state index contributed by atoms with van der Waals surface area (Å²) >= 11 is 0. The first kappa shape index (κ1) is 11.9. The van der Waals surface area contributed by atoms with Crippen LogP contribution in [-0.4, -0.2) is 21.1 Å². The van der Waals surface area contributed by atoms with E-state index in [1.807, 2.05) is 24.7 Å². The van der Waals surface area contributed by atoms with Gasteiger partial charge in [0.15, 0.2) is 5.76 Å². The molecule has 1 atom stereocenters. The van der Waals surface area contributed by atoms with Crippen LogP contribution in [0.25, 0.3) is 11.5 Å². The summed E-state index contributed by atoms with van der Waals surface area (Å²) < 4.78 is 7.58. The van der Waals surface area contributed by atoms with Crippen LogP contribution in [0.2, 0.25) is 0 Å². The fourth-order valence-electron chi connectivity index (χ4n) is 1.59. The number of rotatable bonds is 5. The lowest BCUT2D eigenvalue weighted by atomic mass is 10.3. The van der Waals surface area contributed by atoms with Crippen LogP contribution in [0.1, 0.15) is 32.2 Å². The molecule has 2 heterocycles. The van der Waals surface area contributed by atoms with Crippen LogP contribution in [0, 0.1) is 0 Å². The molecule has 0 aliphatic carbocycles. The lowest BCUT2D eigenvalue weighted by Crippen LogP contribution is -2.19. The van der Waals surface area contributed by atoms with E-state index in [2.05, 4.69) is 22.2 Å². The molecule has 2 rings (SSSR count). The third-order valence-electron chi connectivity index (χ3n) is 2.55. The highest BCUT2D eigenvalue weighted by molar-refractivity contribution is 5.49. The van der Waals surface area contributed by atoms with E-state index in [4.69, 9.17) is 4.42 Å². The summed E-state index contributed by atoms with van der Waals surface area (Å²) in [5.74, 6) is 1.42. The van der Waals surface area contributed by atoms with E-state index in [1.54, 1.807) is 12.5 Å². The van der Waals surface area contributed by atoms with Crippen molar-refractivity contribution < 1.29 is 4.42 Å². The molecule has 0 aliphatic heterocycles. The molecule has 5 nitrogen and oxygen atoms in total. The van der Waals surface area contributed by atoms with Crippen LogP contribution in [-0.2, 0) is 7.05 Å². The molecule has 92 valence electrons. The van der Waals surface area contributed by atoms with Crippen LogP contribution >= 0.6 is 0 Å². The molecule has 0 amide bonds. The SMILES string of the molecule is CCCNC(C)c1ncc(-c2cn(C)cn2)o1. The summed E-state index contributed by atoms with van der Waals surface area (Å²) in [5, 5.41) is 3.34. The highest BCUT2D eigenvalue weighted by Gasteiger charge is 2.13. The lowest BCUT2D eigenvalue weighted by Gasteiger charge is -2.08. The maximum Gasteiger partial charge on any atom is 0.211 e. The Labute approximate surface area is 101 Å². The average molecular weight is 234 g/mol. The van der Waals surface area contributed by atoms with Gasteiger partial charge in [-0.05, 0) is 19.9 Å². The van der Waals surface area contributed by atoms with Crippen LogP contribution in [0.4, 0.5) is 0 Å². The topological polar surface area (TPSA) is 55.9 Å². The van der Waals surface area contributed by atoms with Gasteiger partial charge in [0.1, 0.15) is 5.69 Å². The molecule has 0 saturated heterocycles. The lowest BCUT2D eigenvalue weighted by molar-refractivity contribution is 0.422. The normalized spacial score (nSPS) is 12.9. The van der Waals surface area contributed by atoms with E-state index in [1.165, 1.54) is 0 Å². The highest BCUT2D eigenvalue weighted by atomic mass is 16.4. The first-order valence-corrected chi connectivity index (χ1v) is 5.88. The van der Waals surface area contributed by atoms with Crippen molar-refractivity contribution in [3.8, 4) is 11.5 Å². The number of imidazole rings is 1. The minimum Gasteiger partial charge on any atom is -0.437 e. The minimum atomic E-state index is 0.132. The van der Waals surface area contributed by atoms with Crippen molar-refractivity contribution in [2.75, 3.05) is 6.54 Å². The van der Waals surface area contributed by atoms with Gasteiger partial charge in [0.2, 0.25) is 5.89 Å². The number of oxazole rings is 1. The molecule has 0 aromatic carbocycles. The van der Waals surface area contributed by atoms with Gasteiger partial charge in [-0.25, -0.2) is 9.97 Å². The molecule has 5 heteroatoms. The third kappa shape index (κ3) is 2.74. The maximum absolute atomic E-state index is 5.69. The zero-order valence-corrected chi connectivity index (χ0v) is 10.5. The van der Waals surface area contributed by atoms with Gasteiger partial charge in [0, 0.05) is 13.2 Å². The molecule has 0 saturated carbocycles. The maximum atomic E-state index is 5.69. The predicted octanol–water partition coefficient (Wildman–Crippen LogP) is 2.14. The molecular weight excluding hydrogens is 216 g/mol. The number of aryl methyl sites for hydroxylation is 1. The second kappa shape index (κ2) is 5.14. The van der Waals surface area contributed by atoms with E-state index < -0.39 is 0 Å². The number of nitrogens with one attached hydrogen (secondary N) is 1. The molecule has 0 aliphatic rings. The molecular formula is C12H18N4O. The van der Waals surface area contributed by atoms with Crippen molar-refractivity contribution in [1.29, 1.82) is 0 Å². The van der Waals surface area contributed by atoms with Crippen LogP contribution < -0.4 is 5.32 Å². The zero-order chi connectivity index (χ0) is 12.3. The van der Waals surface area contributed by atoms with E-state index >= 15 is 0 Å². The third-order valence-corrected chi connectivity index (χ3v) is 2.55. The van der Waals surface area contributed by atoms with Gasteiger partial charge in [-0.2, -0.15) is 0 Å². The molecule has 0 fully saturated rings. The van der Waals surface area contributed by atoms with Crippen LogP contribution in [0.3, 0.4) is 0 Å². The second-order valence-corrected chi connectivity index (χ2v) is 4.16. The Bertz CT molecular complexity index is 474. The summed E-state index contributed by atoms with van der Waals surface area (Å²) in [4.78, 5) is 8.51. The summed E-state index contributed by atoms with van der Waals surface area (Å²) in [6.07, 6.45) is 6.48. The van der Waals surface area contributed by atoms with E-state index in [0.29, 0.717) is 11.7 Å². The highest BCUT2D eigenvalue weighted by Crippen LogP contribution is 2.21. The second-order valence-electron chi connectivity index (χ2n) is 4.16. The molecule has 17 heavy (non-hydrogen) atoms. The Morgan fingerprint density at radius 3 is 2.94 bits per heavy atom. The largest absolute Gasteiger partial charge is 0.437 e. The van der Waals surface area contributed by atoms with Gasteiger partial charge in [-0.1, -0.05) is 6.92 Å². The number of aromatic nitrogens is 3. The molecule has 0 spiro atoms. The number of hydrogen-bond acceptors (Lipinski definition) is 4. The quantitative estimate of drug-likeness (QED) is 0.861. The Morgan fingerprint density at radius 2 is 2.29 bits per heavy atom. The minimum absolute atomic E-state index is 0.132. The smallest absolute Gasteiger partial charge is 0.211 e. The van der Waals surface area contributed by atoms with Gasteiger partial charge in [0.25, 0.3) is 0 Å². The fourth-order valence-corrected chi connectivity index (χ4v) is 1.59. The van der Waals surface area contributed by atoms with Crippen LogP contribution in [0.5, 0.6) is 0 Å². The summed E-state index contributed by atoms with van der Waals surface area (Å²) in [7, 11) is 1.93. The molecule has 0 bridgehead atoms. The Morgan fingerprint density at radius 1 is 1.47 bits per heavy atom. The van der Waals surface area contributed by atoms with Crippen molar-refractivity contribution in [2.45, 2.75) is 26.3 Å². The van der Waals surface area contributed by atoms with E-state index in [0.717, 1.165) is 18.7 Å². The summed E-state index contributed by atoms with van der Waals surface area (Å²) in [6, 6.07) is 0.132. The van der Waals surface area contributed by atoms with Crippen molar-refractivity contribution >= 4 is 0 Å². The molecule has 1 unspecified atom stereocenters. The molecule has 2 aromatic heterocycles.